The van der Waals surface area contributed by atoms with Crippen LogP contribution in [0.25, 0.3) is 11.0 Å². The number of nitriles is 1. The van der Waals surface area contributed by atoms with Crippen molar-refractivity contribution >= 4 is 11.0 Å². The van der Waals surface area contributed by atoms with Gasteiger partial charge in [0.1, 0.15) is 0 Å². The first-order valence-electron chi connectivity index (χ1n) is 5.69. The molecule has 0 radical (unpaired) electrons. The molecular formula is C13H16N4. The van der Waals surface area contributed by atoms with Gasteiger partial charge in [0.15, 0.2) is 0 Å². The van der Waals surface area contributed by atoms with Crippen LogP contribution in [0.2, 0.25) is 0 Å². The smallest absolute Gasteiger partial charge is 0.0958 e. The summed E-state index contributed by atoms with van der Waals surface area (Å²) in [7, 11) is 0. The van der Waals surface area contributed by atoms with Gasteiger partial charge in [0, 0.05) is 6.54 Å². The minimum atomic E-state index is -0.404. The fourth-order valence-electron chi connectivity index (χ4n) is 1.83. The topological polar surface area (TPSA) is 67.6 Å². The van der Waals surface area contributed by atoms with Crippen LogP contribution in [0.1, 0.15) is 17.5 Å². The largest absolute Gasteiger partial charge is 0.330 e. The minimum absolute atomic E-state index is 0.404. The second kappa shape index (κ2) is 4.56. The summed E-state index contributed by atoms with van der Waals surface area (Å²) in [5.41, 5.74) is 10.2. The molecule has 0 saturated heterocycles. The fourth-order valence-corrected chi connectivity index (χ4v) is 1.83. The van der Waals surface area contributed by atoms with Gasteiger partial charge in [-0.25, -0.2) is 4.98 Å². The molecule has 0 bridgehead atoms. The van der Waals surface area contributed by atoms with Gasteiger partial charge in [0.2, 0.25) is 0 Å². The summed E-state index contributed by atoms with van der Waals surface area (Å²) in [6.45, 7) is 4.90. The summed E-state index contributed by atoms with van der Waals surface area (Å²) in [5, 5.41) is 8.66. The Kier molecular flexibility index (Phi) is 3.12. The number of nitrogens with zero attached hydrogens (tertiary/aromatic N) is 3. The second-order valence-electron chi connectivity index (χ2n) is 4.39. The maximum Gasteiger partial charge on any atom is 0.0958 e. The molecule has 1 aromatic heterocycles. The average Bonchev–Trinajstić information content (AvgIpc) is 2.69. The normalized spacial score (nSPS) is 12.6. The van der Waals surface area contributed by atoms with Gasteiger partial charge in [-0.15, -0.1) is 0 Å². The van der Waals surface area contributed by atoms with E-state index in [4.69, 9.17) is 11.0 Å². The van der Waals surface area contributed by atoms with Crippen molar-refractivity contribution in [2.45, 2.75) is 32.9 Å². The molecule has 4 heteroatoms. The van der Waals surface area contributed by atoms with Crippen LogP contribution in [0.5, 0.6) is 0 Å². The van der Waals surface area contributed by atoms with Gasteiger partial charge in [-0.1, -0.05) is 0 Å². The summed E-state index contributed by atoms with van der Waals surface area (Å²) in [6, 6.07) is 5.86. The second-order valence-corrected chi connectivity index (χ2v) is 4.39. The van der Waals surface area contributed by atoms with Crippen LogP contribution in [0.4, 0.5) is 0 Å². The number of rotatable bonds is 3. The highest BCUT2D eigenvalue weighted by atomic mass is 15.0. The molecule has 17 heavy (non-hydrogen) atoms. The van der Waals surface area contributed by atoms with E-state index in [1.54, 1.807) is 0 Å². The molecule has 0 spiro atoms. The van der Waals surface area contributed by atoms with Crippen molar-refractivity contribution in [3.05, 3.63) is 29.6 Å². The lowest BCUT2D eigenvalue weighted by Gasteiger charge is -2.06. The van der Waals surface area contributed by atoms with Gasteiger partial charge in [0.25, 0.3) is 0 Å². The first kappa shape index (κ1) is 11.6. The maximum absolute atomic E-state index is 8.66. The van der Waals surface area contributed by atoms with Gasteiger partial charge < -0.3 is 10.3 Å². The van der Waals surface area contributed by atoms with E-state index in [9.17, 15) is 0 Å². The molecule has 0 fully saturated rings. The highest BCUT2D eigenvalue weighted by Gasteiger charge is 2.06. The van der Waals surface area contributed by atoms with Gasteiger partial charge in [0.05, 0.1) is 29.5 Å². The van der Waals surface area contributed by atoms with Crippen LogP contribution < -0.4 is 5.73 Å². The van der Waals surface area contributed by atoms with Crippen LogP contribution in [0.15, 0.2) is 18.5 Å². The lowest BCUT2D eigenvalue weighted by atomic mass is 10.1. The number of hydrogen-bond acceptors (Lipinski definition) is 3. The Morgan fingerprint density at radius 3 is 2.82 bits per heavy atom. The predicted molar refractivity (Wildman–Crippen MR) is 67.4 cm³/mol. The minimum Gasteiger partial charge on any atom is -0.330 e. The highest BCUT2D eigenvalue weighted by molar-refractivity contribution is 5.77. The average molecular weight is 228 g/mol. The number of aromatic nitrogens is 2. The molecule has 4 nitrogen and oxygen atoms in total. The molecule has 88 valence electrons. The SMILES string of the molecule is Cc1cc2ncn(CCC(N)C#N)c2cc1C. The Balaban J connectivity index is 2.30. The lowest BCUT2D eigenvalue weighted by Crippen LogP contribution is -2.19. The third-order valence-corrected chi connectivity index (χ3v) is 3.08. The Bertz CT molecular complexity index is 577. The van der Waals surface area contributed by atoms with Crippen molar-refractivity contribution in [2.24, 2.45) is 5.73 Å². The van der Waals surface area contributed by atoms with Crippen LogP contribution in [-0.4, -0.2) is 15.6 Å². The van der Waals surface area contributed by atoms with E-state index in [-0.39, 0.29) is 0 Å². The van der Waals surface area contributed by atoms with Crippen molar-refractivity contribution in [3.8, 4) is 6.07 Å². The highest BCUT2D eigenvalue weighted by Crippen LogP contribution is 2.18. The van der Waals surface area contributed by atoms with Gasteiger partial charge in [-0.3, -0.25) is 0 Å². The van der Waals surface area contributed by atoms with Crippen molar-refractivity contribution in [1.82, 2.24) is 9.55 Å². The number of benzene rings is 1. The van der Waals surface area contributed by atoms with E-state index in [0.717, 1.165) is 17.6 Å². The van der Waals surface area contributed by atoms with Gasteiger partial charge >= 0.3 is 0 Å². The Morgan fingerprint density at radius 2 is 2.12 bits per heavy atom. The quantitative estimate of drug-likeness (QED) is 0.872. The summed E-state index contributed by atoms with van der Waals surface area (Å²) in [5.74, 6) is 0. The number of fused-ring (bicyclic) bond motifs is 1. The fraction of sp³-hybridized carbons (Fsp3) is 0.385. The standard InChI is InChI=1S/C13H16N4/c1-9-5-12-13(6-10(9)2)17(8-16-12)4-3-11(15)7-14/h5-6,8,11H,3-4,15H2,1-2H3. The van der Waals surface area contributed by atoms with Crippen LogP contribution in [-0.2, 0) is 6.54 Å². The van der Waals surface area contributed by atoms with Crippen LogP contribution in [0, 0.1) is 25.2 Å². The maximum atomic E-state index is 8.66. The van der Waals surface area contributed by atoms with Gasteiger partial charge in [-0.05, 0) is 43.5 Å². The zero-order valence-electron chi connectivity index (χ0n) is 10.1. The molecular weight excluding hydrogens is 212 g/mol. The van der Waals surface area contributed by atoms with Crippen LogP contribution >= 0.6 is 0 Å². The van der Waals surface area contributed by atoms with E-state index in [1.165, 1.54) is 11.1 Å². The molecule has 2 rings (SSSR count). The number of aryl methyl sites for hydroxylation is 3. The zero-order chi connectivity index (χ0) is 12.4. The summed E-state index contributed by atoms with van der Waals surface area (Å²) in [4.78, 5) is 4.36. The molecule has 1 unspecified atom stereocenters. The number of hydrogen-bond donors (Lipinski definition) is 1. The Morgan fingerprint density at radius 1 is 1.41 bits per heavy atom. The van der Waals surface area contributed by atoms with E-state index < -0.39 is 6.04 Å². The number of nitrogens with two attached hydrogens (primary N) is 1. The Hall–Kier alpha value is -1.86. The predicted octanol–water partition coefficient (Wildman–Crippen LogP) is 1.89. The Labute approximate surface area is 101 Å². The molecule has 0 aliphatic rings. The molecule has 2 N–H and O–H groups in total. The lowest BCUT2D eigenvalue weighted by molar-refractivity contribution is 0.617. The molecule has 0 saturated carbocycles. The zero-order valence-corrected chi connectivity index (χ0v) is 10.1. The summed E-state index contributed by atoms with van der Waals surface area (Å²) in [6.07, 6.45) is 2.46. The molecule has 0 aliphatic heterocycles. The summed E-state index contributed by atoms with van der Waals surface area (Å²) < 4.78 is 2.05. The molecule has 0 aliphatic carbocycles. The first-order valence-corrected chi connectivity index (χ1v) is 5.69. The molecule has 1 heterocycles. The molecule has 1 aromatic carbocycles. The van der Waals surface area contributed by atoms with Gasteiger partial charge in [-0.2, -0.15) is 5.26 Å². The summed E-state index contributed by atoms with van der Waals surface area (Å²) >= 11 is 0. The monoisotopic (exact) mass is 228 g/mol. The van der Waals surface area contributed by atoms with E-state index in [1.807, 2.05) is 12.4 Å². The van der Waals surface area contributed by atoms with E-state index in [2.05, 4.69) is 35.5 Å². The van der Waals surface area contributed by atoms with Crippen molar-refractivity contribution in [3.63, 3.8) is 0 Å². The molecule has 0 amide bonds. The van der Waals surface area contributed by atoms with Crippen molar-refractivity contribution < 1.29 is 0 Å². The first-order chi connectivity index (χ1) is 8.11. The number of imidazole rings is 1. The van der Waals surface area contributed by atoms with E-state index >= 15 is 0 Å². The van der Waals surface area contributed by atoms with Crippen LogP contribution in [0.3, 0.4) is 0 Å². The third kappa shape index (κ3) is 2.29. The molecule has 1 atom stereocenters. The third-order valence-electron chi connectivity index (χ3n) is 3.08. The van der Waals surface area contributed by atoms with Crippen molar-refractivity contribution in [2.75, 3.05) is 0 Å². The van der Waals surface area contributed by atoms with Crippen molar-refractivity contribution in [1.29, 1.82) is 5.26 Å². The van der Waals surface area contributed by atoms with E-state index in [0.29, 0.717) is 6.42 Å². The molecule has 2 aromatic rings.